The highest BCUT2D eigenvalue weighted by Crippen LogP contribution is 2.31. The topological polar surface area (TPSA) is 53.6 Å². The molecular formula is C14H9FN4S2. The average Bonchev–Trinajstić information content (AvgIpc) is 3.11. The summed E-state index contributed by atoms with van der Waals surface area (Å²) in [4.78, 5) is 4.08. The van der Waals surface area contributed by atoms with Crippen LogP contribution in [0.2, 0.25) is 0 Å². The number of benzene rings is 2. The Morgan fingerprint density at radius 3 is 3.10 bits per heavy atom. The first-order chi connectivity index (χ1) is 10.3. The Labute approximate surface area is 127 Å². The van der Waals surface area contributed by atoms with Crippen molar-refractivity contribution in [1.82, 2.24) is 13.7 Å². The van der Waals surface area contributed by atoms with Crippen molar-refractivity contribution in [1.29, 1.82) is 0 Å². The third-order valence-electron chi connectivity index (χ3n) is 3.16. The largest absolute Gasteiger partial charge is 0.360 e. The van der Waals surface area contributed by atoms with Crippen molar-refractivity contribution in [3.63, 3.8) is 0 Å². The lowest BCUT2D eigenvalue weighted by Crippen LogP contribution is -1.87. The first kappa shape index (κ1) is 12.6. The molecule has 21 heavy (non-hydrogen) atoms. The van der Waals surface area contributed by atoms with Crippen LogP contribution in [-0.2, 0) is 0 Å². The summed E-state index contributed by atoms with van der Waals surface area (Å²) < 4.78 is 25.0. The van der Waals surface area contributed by atoms with Gasteiger partial charge in [-0.05, 0) is 42.3 Å². The molecule has 0 spiro atoms. The molecule has 0 atom stereocenters. The molecule has 0 bridgehead atoms. The smallest absolute Gasteiger partial charge is 0.128 e. The molecule has 4 nitrogen and oxygen atoms in total. The number of H-pyrrole nitrogens is 1. The molecule has 0 fully saturated rings. The number of halogens is 1. The predicted molar refractivity (Wildman–Crippen MR) is 85.2 cm³/mol. The molecule has 0 unspecified atom stereocenters. The first-order valence-corrected chi connectivity index (χ1v) is 7.77. The predicted octanol–water partition coefficient (Wildman–Crippen LogP) is 4.43. The Balaban J connectivity index is 1.65. The van der Waals surface area contributed by atoms with Gasteiger partial charge in [0.05, 0.1) is 22.3 Å². The van der Waals surface area contributed by atoms with E-state index in [0.29, 0.717) is 0 Å². The van der Waals surface area contributed by atoms with Gasteiger partial charge in [-0.2, -0.15) is 8.75 Å². The lowest BCUT2D eigenvalue weighted by atomic mass is 10.2. The number of anilines is 1. The van der Waals surface area contributed by atoms with E-state index in [9.17, 15) is 4.39 Å². The number of aromatic nitrogens is 3. The Morgan fingerprint density at radius 1 is 1.19 bits per heavy atom. The average molecular weight is 316 g/mol. The zero-order chi connectivity index (χ0) is 14.2. The summed E-state index contributed by atoms with van der Waals surface area (Å²) in [6.45, 7) is 0. The number of aromatic amines is 1. The fourth-order valence-corrected chi connectivity index (χ4v) is 3.49. The number of nitrogens with zero attached hydrogens (tertiary/aromatic N) is 2. The summed E-state index contributed by atoms with van der Waals surface area (Å²) >= 11 is 2.66. The van der Waals surface area contributed by atoms with Gasteiger partial charge >= 0.3 is 0 Å². The van der Waals surface area contributed by atoms with Gasteiger partial charge in [0.2, 0.25) is 0 Å². The van der Waals surface area contributed by atoms with E-state index in [-0.39, 0.29) is 5.82 Å². The van der Waals surface area contributed by atoms with Crippen LogP contribution < -0.4 is 4.72 Å². The summed E-state index contributed by atoms with van der Waals surface area (Å²) in [6, 6.07) is 10.6. The highest BCUT2D eigenvalue weighted by molar-refractivity contribution is 8.00. The molecule has 0 saturated heterocycles. The minimum Gasteiger partial charge on any atom is -0.360 e. The number of nitrogens with one attached hydrogen (secondary N) is 2. The second kappa shape index (κ2) is 5.01. The maximum absolute atomic E-state index is 13.2. The van der Waals surface area contributed by atoms with Crippen LogP contribution in [-0.4, -0.2) is 13.7 Å². The molecule has 0 aliphatic carbocycles. The number of hydrogen-bond donors (Lipinski definition) is 2. The minimum absolute atomic E-state index is 0.243. The third-order valence-corrected chi connectivity index (χ3v) is 4.59. The molecule has 0 amide bonds. The van der Waals surface area contributed by atoms with Gasteiger partial charge in [-0.3, -0.25) is 0 Å². The van der Waals surface area contributed by atoms with Crippen molar-refractivity contribution in [2.24, 2.45) is 0 Å². The van der Waals surface area contributed by atoms with Gasteiger partial charge in [0, 0.05) is 17.1 Å². The Bertz CT molecular complexity index is 931. The van der Waals surface area contributed by atoms with E-state index in [0.717, 1.165) is 32.5 Å². The van der Waals surface area contributed by atoms with Gasteiger partial charge < -0.3 is 9.71 Å². The third kappa shape index (κ3) is 2.24. The molecule has 0 radical (unpaired) electrons. The lowest BCUT2D eigenvalue weighted by molar-refractivity contribution is 0.629. The second-order valence-corrected chi connectivity index (χ2v) is 5.86. The zero-order valence-corrected chi connectivity index (χ0v) is 12.3. The van der Waals surface area contributed by atoms with Crippen molar-refractivity contribution < 1.29 is 4.39 Å². The van der Waals surface area contributed by atoms with Crippen LogP contribution >= 0.6 is 23.7 Å². The molecule has 7 heteroatoms. The SMILES string of the molecule is Fc1ccc2c(SNc3cccc4nsnc34)c[nH]c2c1. The summed E-state index contributed by atoms with van der Waals surface area (Å²) in [5.41, 5.74) is 3.45. The highest BCUT2D eigenvalue weighted by atomic mass is 32.2. The van der Waals surface area contributed by atoms with Gasteiger partial charge in [-0.15, -0.1) is 0 Å². The van der Waals surface area contributed by atoms with Crippen LogP contribution in [0.25, 0.3) is 21.9 Å². The molecule has 0 aliphatic heterocycles. The standard InChI is InChI=1S/C14H9FN4S2/c15-8-4-5-9-12(6-8)16-7-13(9)20-17-10-2-1-3-11-14(10)19-21-18-11/h1-7,16-17H. The molecule has 0 aliphatic rings. The normalized spacial score (nSPS) is 11.3. The lowest BCUT2D eigenvalue weighted by Gasteiger charge is -2.04. The quantitative estimate of drug-likeness (QED) is 0.549. The molecule has 4 rings (SSSR count). The van der Waals surface area contributed by atoms with Gasteiger partial charge in [0.1, 0.15) is 16.9 Å². The summed E-state index contributed by atoms with van der Waals surface area (Å²) in [5, 5.41) is 0.984. The van der Waals surface area contributed by atoms with Crippen LogP contribution in [0.3, 0.4) is 0 Å². The summed E-state index contributed by atoms with van der Waals surface area (Å²) in [6.07, 6.45) is 1.86. The molecule has 2 aromatic carbocycles. The maximum atomic E-state index is 13.2. The van der Waals surface area contributed by atoms with E-state index in [1.807, 2.05) is 24.4 Å². The highest BCUT2D eigenvalue weighted by Gasteiger charge is 2.08. The zero-order valence-electron chi connectivity index (χ0n) is 10.6. The Morgan fingerprint density at radius 2 is 2.14 bits per heavy atom. The molecule has 2 aromatic heterocycles. The fraction of sp³-hybridized carbons (Fsp3) is 0. The van der Waals surface area contributed by atoms with Gasteiger partial charge in [0.15, 0.2) is 0 Å². The molecule has 0 saturated carbocycles. The fourth-order valence-electron chi connectivity index (χ4n) is 2.15. The van der Waals surface area contributed by atoms with E-state index >= 15 is 0 Å². The monoisotopic (exact) mass is 316 g/mol. The molecule has 2 heterocycles. The van der Waals surface area contributed by atoms with Crippen molar-refractivity contribution >= 4 is 51.3 Å². The van der Waals surface area contributed by atoms with Crippen LogP contribution in [0.4, 0.5) is 10.1 Å². The number of rotatable bonds is 3. The van der Waals surface area contributed by atoms with Crippen LogP contribution in [0.1, 0.15) is 0 Å². The number of fused-ring (bicyclic) bond motifs is 2. The van der Waals surface area contributed by atoms with Crippen molar-refractivity contribution in [3.05, 3.63) is 48.4 Å². The molecule has 2 N–H and O–H groups in total. The van der Waals surface area contributed by atoms with Crippen molar-refractivity contribution in [2.75, 3.05) is 4.72 Å². The first-order valence-electron chi connectivity index (χ1n) is 6.22. The van der Waals surface area contributed by atoms with E-state index in [4.69, 9.17) is 0 Å². The number of hydrogen-bond acceptors (Lipinski definition) is 5. The van der Waals surface area contributed by atoms with Crippen LogP contribution in [0.5, 0.6) is 0 Å². The van der Waals surface area contributed by atoms with Crippen LogP contribution in [0, 0.1) is 5.82 Å². The summed E-state index contributed by atoms with van der Waals surface area (Å²) in [7, 11) is 0. The molecule has 4 aromatic rings. The maximum Gasteiger partial charge on any atom is 0.128 e. The van der Waals surface area contributed by atoms with E-state index < -0.39 is 0 Å². The van der Waals surface area contributed by atoms with Gasteiger partial charge in [-0.1, -0.05) is 6.07 Å². The minimum atomic E-state index is -0.243. The van der Waals surface area contributed by atoms with Gasteiger partial charge in [-0.25, -0.2) is 4.39 Å². The Kier molecular flexibility index (Phi) is 3.01. The van der Waals surface area contributed by atoms with Crippen molar-refractivity contribution in [2.45, 2.75) is 4.90 Å². The van der Waals surface area contributed by atoms with E-state index in [1.165, 1.54) is 35.8 Å². The van der Waals surface area contributed by atoms with Crippen molar-refractivity contribution in [3.8, 4) is 0 Å². The summed E-state index contributed by atoms with van der Waals surface area (Å²) in [5.74, 6) is -0.243. The van der Waals surface area contributed by atoms with E-state index in [1.54, 1.807) is 6.07 Å². The Hall–Kier alpha value is -2.12. The van der Waals surface area contributed by atoms with Gasteiger partial charge in [0.25, 0.3) is 0 Å². The molecular weight excluding hydrogens is 307 g/mol. The van der Waals surface area contributed by atoms with E-state index in [2.05, 4.69) is 18.5 Å². The second-order valence-electron chi connectivity index (χ2n) is 4.48. The molecule has 104 valence electrons. The van der Waals surface area contributed by atoms with Crippen LogP contribution in [0.15, 0.2) is 47.5 Å².